The summed E-state index contributed by atoms with van der Waals surface area (Å²) in [6, 6.07) is 7.52. The summed E-state index contributed by atoms with van der Waals surface area (Å²) in [5.41, 5.74) is 7.53. The van der Waals surface area contributed by atoms with Gasteiger partial charge in [-0.05, 0) is 24.3 Å². The molecule has 0 atom stereocenters. The number of ether oxygens (including phenoxy) is 3. The summed E-state index contributed by atoms with van der Waals surface area (Å²) in [5.74, 6) is 0.663. The summed E-state index contributed by atoms with van der Waals surface area (Å²) in [7, 11) is 1.64. The third-order valence-electron chi connectivity index (χ3n) is 2.70. The molecule has 0 amide bonds. The van der Waals surface area contributed by atoms with Crippen LogP contribution in [0.1, 0.15) is 0 Å². The number of hydrogen-bond donors (Lipinski definition) is 1. The molecular weight excluding hydrogens is 244 g/mol. The first kappa shape index (κ1) is 13.6. The van der Waals surface area contributed by atoms with Crippen LogP contribution in [0.2, 0.25) is 0 Å². The van der Waals surface area contributed by atoms with Crippen LogP contribution in [0.3, 0.4) is 0 Å². The second-order valence-electron chi connectivity index (χ2n) is 4.00. The Bertz CT molecular complexity index is 531. The monoisotopic (exact) mass is 262 g/mol. The van der Waals surface area contributed by atoms with Crippen molar-refractivity contribution in [3.63, 3.8) is 0 Å². The number of methoxy groups -OCH3 is 1. The molecule has 2 rings (SSSR count). The molecule has 102 valence electrons. The number of hydrogen-bond acceptors (Lipinski definition) is 5. The molecule has 0 aliphatic rings. The predicted octanol–water partition coefficient (Wildman–Crippen LogP) is 1.86. The van der Waals surface area contributed by atoms with Crippen LogP contribution in [0, 0.1) is 0 Å². The maximum absolute atomic E-state index is 6.06. The standard InChI is InChI=1S/C14H18N2O3/c1-17-7-8-18-9-10-19-13-5-4-12-11(14(13)15)3-2-6-16-12/h2-6H,7-10,15H2,1H3. The summed E-state index contributed by atoms with van der Waals surface area (Å²) >= 11 is 0. The third kappa shape index (κ3) is 3.56. The van der Waals surface area contributed by atoms with E-state index in [1.54, 1.807) is 13.3 Å². The number of pyridine rings is 1. The lowest BCUT2D eigenvalue weighted by atomic mass is 10.2. The minimum Gasteiger partial charge on any atom is -0.489 e. The van der Waals surface area contributed by atoms with Gasteiger partial charge in [0.25, 0.3) is 0 Å². The van der Waals surface area contributed by atoms with Gasteiger partial charge < -0.3 is 19.9 Å². The molecule has 0 bridgehead atoms. The van der Waals surface area contributed by atoms with E-state index >= 15 is 0 Å². The van der Waals surface area contributed by atoms with E-state index in [-0.39, 0.29) is 0 Å². The second kappa shape index (κ2) is 6.92. The zero-order valence-electron chi connectivity index (χ0n) is 11.0. The number of nitrogens with two attached hydrogens (primary N) is 1. The largest absolute Gasteiger partial charge is 0.489 e. The molecule has 0 saturated carbocycles. The maximum atomic E-state index is 6.06. The molecule has 0 unspecified atom stereocenters. The molecule has 0 radical (unpaired) electrons. The minimum atomic E-state index is 0.458. The van der Waals surface area contributed by atoms with E-state index in [1.807, 2.05) is 24.3 Å². The van der Waals surface area contributed by atoms with Gasteiger partial charge in [0.05, 0.1) is 31.0 Å². The molecular formula is C14H18N2O3. The van der Waals surface area contributed by atoms with Gasteiger partial charge in [0.15, 0.2) is 0 Å². The van der Waals surface area contributed by atoms with E-state index in [9.17, 15) is 0 Å². The lowest BCUT2D eigenvalue weighted by Crippen LogP contribution is -2.10. The summed E-state index contributed by atoms with van der Waals surface area (Å²) < 4.78 is 15.8. The highest BCUT2D eigenvalue weighted by atomic mass is 16.5. The summed E-state index contributed by atoms with van der Waals surface area (Å²) in [6.45, 7) is 2.12. The fourth-order valence-electron chi connectivity index (χ4n) is 1.74. The normalized spacial score (nSPS) is 10.8. The van der Waals surface area contributed by atoms with E-state index in [0.717, 1.165) is 10.9 Å². The van der Waals surface area contributed by atoms with Gasteiger partial charge in [-0.1, -0.05) is 0 Å². The Labute approximate surface area is 112 Å². The Balaban J connectivity index is 1.92. The average Bonchev–Trinajstić information content (AvgIpc) is 2.45. The lowest BCUT2D eigenvalue weighted by Gasteiger charge is -2.11. The summed E-state index contributed by atoms with van der Waals surface area (Å²) in [5, 5.41) is 0.903. The van der Waals surface area contributed by atoms with Crippen molar-refractivity contribution in [1.29, 1.82) is 0 Å². The minimum absolute atomic E-state index is 0.458. The van der Waals surface area contributed by atoms with Crippen molar-refractivity contribution in [3.05, 3.63) is 30.5 Å². The molecule has 5 nitrogen and oxygen atoms in total. The molecule has 5 heteroatoms. The Hall–Kier alpha value is -1.85. The molecule has 0 aliphatic heterocycles. The van der Waals surface area contributed by atoms with Crippen molar-refractivity contribution in [2.24, 2.45) is 0 Å². The Morgan fingerprint density at radius 1 is 1.11 bits per heavy atom. The van der Waals surface area contributed by atoms with E-state index < -0.39 is 0 Å². The van der Waals surface area contributed by atoms with Gasteiger partial charge in [-0.2, -0.15) is 0 Å². The van der Waals surface area contributed by atoms with Crippen molar-refractivity contribution in [3.8, 4) is 5.75 Å². The highest BCUT2D eigenvalue weighted by Crippen LogP contribution is 2.29. The van der Waals surface area contributed by atoms with E-state index in [4.69, 9.17) is 19.9 Å². The zero-order valence-corrected chi connectivity index (χ0v) is 11.0. The van der Waals surface area contributed by atoms with Gasteiger partial charge in [-0.25, -0.2) is 0 Å². The smallest absolute Gasteiger partial charge is 0.143 e. The molecule has 1 aromatic carbocycles. The summed E-state index contributed by atoms with van der Waals surface area (Å²) in [4.78, 5) is 4.24. The number of nitrogen functional groups attached to an aromatic ring is 1. The van der Waals surface area contributed by atoms with Gasteiger partial charge in [0.1, 0.15) is 12.4 Å². The van der Waals surface area contributed by atoms with Crippen LogP contribution in [-0.2, 0) is 9.47 Å². The first-order valence-electron chi connectivity index (χ1n) is 6.15. The van der Waals surface area contributed by atoms with Gasteiger partial charge in [-0.3, -0.25) is 4.98 Å². The van der Waals surface area contributed by atoms with Gasteiger partial charge in [0, 0.05) is 18.7 Å². The van der Waals surface area contributed by atoms with Crippen LogP contribution in [0.5, 0.6) is 5.75 Å². The zero-order chi connectivity index (χ0) is 13.5. The first-order chi connectivity index (χ1) is 9.33. The Morgan fingerprint density at radius 3 is 2.79 bits per heavy atom. The van der Waals surface area contributed by atoms with Crippen molar-refractivity contribution >= 4 is 16.6 Å². The average molecular weight is 262 g/mol. The SMILES string of the molecule is COCCOCCOc1ccc2ncccc2c1N. The highest BCUT2D eigenvalue weighted by molar-refractivity contribution is 5.93. The number of rotatable bonds is 7. The Morgan fingerprint density at radius 2 is 1.95 bits per heavy atom. The van der Waals surface area contributed by atoms with Crippen LogP contribution in [0.4, 0.5) is 5.69 Å². The fraction of sp³-hybridized carbons (Fsp3) is 0.357. The molecule has 19 heavy (non-hydrogen) atoms. The van der Waals surface area contributed by atoms with Crippen LogP contribution in [0.15, 0.2) is 30.5 Å². The number of fused-ring (bicyclic) bond motifs is 1. The molecule has 0 fully saturated rings. The second-order valence-corrected chi connectivity index (χ2v) is 4.00. The highest BCUT2D eigenvalue weighted by Gasteiger charge is 2.05. The topological polar surface area (TPSA) is 66.6 Å². The van der Waals surface area contributed by atoms with Crippen molar-refractivity contribution in [2.75, 3.05) is 39.3 Å². The number of anilines is 1. The fourth-order valence-corrected chi connectivity index (χ4v) is 1.74. The number of aromatic nitrogens is 1. The molecule has 0 spiro atoms. The van der Waals surface area contributed by atoms with Crippen LogP contribution >= 0.6 is 0 Å². The van der Waals surface area contributed by atoms with Gasteiger partial charge in [-0.15, -0.1) is 0 Å². The quantitative estimate of drug-likeness (QED) is 0.609. The van der Waals surface area contributed by atoms with E-state index in [1.165, 1.54) is 0 Å². The summed E-state index contributed by atoms with van der Waals surface area (Å²) in [6.07, 6.45) is 1.74. The van der Waals surface area contributed by atoms with Crippen molar-refractivity contribution < 1.29 is 14.2 Å². The molecule has 2 N–H and O–H groups in total. The first-order valence-corrected chi connectivity index (χ1v) is 6.15. The Kier molecular flexibility index (Phi) is 4.94. The maximum Gasteiger partial charge on any atom is 0.143 e. The van der Waals surface area contributed by atoms with Crippen LogP contribution in [-0.4, -0.2) is 38.5 Å². The number of benzene rings is 1. The molecule has 2 aromatic rings. The molecule has 0 aliphatic carbocycles. The molecule has 1 heterocycles. The van der Waals surface area contributed by atoms with E-state index in [0.29, 0.717) is 37.9 Å². The lowest BCUT2D eigenvalue weighted by molar-refractivity contribution is 0.0545. The predicted molar refractivity (Wildman–Crippen MR) is 74.3 cm³/mol. The molecule has 0 saturated heterocycles. The van der Waals surface area contributed by atoms with Crippen molar-refractivity contribution in [2.45, 2.75) is 0 Å². The van der Waals surface area contributed by atoms with Gasteiger partial charge in [0.2, 0.25) is 0 Å². The van der Waals surface area contributed by atoms with Crippen LogP contribution in [0.25, 0.3) is 10.9 Å². The van der Waals surface area contributed by atoms with Crippen LogP contribution < -0.4 is 10.5 Å². The van der Waals surface area contributed by atoms with E-state index in [2.05, 4.69) is 4.98 Å². The van der Waals surface area contributed by atoms with Gasteiger partial charge >= 0.3 is 0 Å². The third-order valence-corrected chi connectivity index (χ3v) is 2.70. The molecule has 1 aromatic heterocycles. The van der Waals surface area contributed by atoms with Crippen molar-refractivity contribution in [1.82, 2.24) is 4.98 Å². The number of nitrogens with zero attached hydrogens (tertiary/aromatic N) is 1.